The number of hydrogen-bond donors (Lipinski definition) is 0. The first-order chi connectivity index (χ1) is 12.1. The second kappa shape index (κ2) is 6.47. The van der Waals surface area contributed by atoms with Crippen LogP contribution in [-0.4, -0.2) is 32.7 Å². The summed E-state index contributed by atoms with van der Waals surface area (Å²) < 4.78 is 1.93. The molecule has 1 fully saturated rings. The van der Waals surface area contributed by atoms with Gasteiger partial charge in [-0.3, -0.25) is 0 Å². The van der Waals surface area contributed by atoms with Gasteiger partial charge in [0, 0.05) is 30.8 Å². The van der Waals surface area contributed by atoms with Gasteiger partial charge in [-0.15, -0.1) is 0 Å². The number of nitrogens with zero attached hydrogens (tertiary/aromatic N) is 5. The lowest BCUT2D eigenvalue weighted by atomic mass is 9.91. The van der Waals surface area contributed by atoms with Crippen LogP contribution in [0.3, 0.4) is 0 Å². The summed E-state index contributed by atoms with van der Waals surface area (Å²) in [5.41, 5.74) is 3.60. The Hall–Kier alpha value is -2.43. The van der Waals surface area contributed by atoms with Crippen molar-refractivity contribution in [2.24, 2.45) is 11.8 Å². The highest BCUT2D eigenvalue weighted by atomic mass is 15.4. The van der Waals surface area contributed by atoms with E-state index in [0.29, 0.717) is 17.6 Å². The highest BCUT2D eigenvalue weighted by molar-refractivity contribution is 5.56. The van der Waals surface area contributed by atoms with Gasteiger partial charge in [0.25, 0.3) is 5.78 Å². The summed E-state index contributed by atoms with van der Waals surface area (Å²) in [5.74, 6) is 3.22. The Labute approximate surface area is 148 Å². The van der Waals surface area contributed by atoms with Crippen LogP contribution in [0.4, 0.5) is 5.82 Å². The summed E-state index contributed by atoms with van der Waals surface area (Å²) >= 11 is 0. The van der Waals surface area contributed by atoms with Gasteiger partial charge in [0.15, 0.2) is 0 Å². The fraction of sp³-hybridized carbons (Fsp3) is 0.450. The summed E-state index contributed by atoms with van der Waals surface area (Å²) in [6, 6.07) is 10.6. The zero-order chi connectivity index (χ0) is 17.4. The number of piperidine rings is 1. The average Bonchev–Trinajstić information content (AvgIpc) is 3.03. The third kappa shape index (κ3) is 3.11. The lowest BCUT2D eigenvalue weighted by molar-refractivity contribution is 0.353. The topological polar surface area (TPSA) is 46.3 Å². The molecule has 0 N–H and O–H groups in total. The maximum absolute atomic E-state index is 4.69. The molecule has 2 unspecified atom stereocenters. The summed E-state index contributed by atoms with van der Waals surface area (Å²) in [6.45, 7) is 8.89. The third-order valence-corrected chi connectivity index (χ3v) is 5.10. The molecule has 1 aromatic carbocycles. The summed E-state index contributed by atoms with van der Waals surface area (Å²) in [4.78, 5) is 11.5. The molecule has 5 heteroatoms. The SMILES string of the molecule is Cc1nc2ncnn2c(N2CC(C)CC(C)C2)c1Cc1ccccc1. The maximum atomic E-state index is 4.69. The molecule has 5 nitrogen and oxygen atoms in total. The molecule has 1 saturated heterocycles. The van der Waals surface area contributed by atoms with Crippen LogP contribution in [0, 0.1) is 18.8 Å². The second-order valence-electron chi connectivity index (χ2n) is 7.48. The molecule has 0 saturated carbocycles. The predicted molar refractivity (Wildman–Crippen MR) is 99.9 cm³/mol. The van der Waals surface area contributed by atoms with Crippen molar-refractivity contribution in [3.63, 3.8) is 0 Å². The lowest BCUT2D eigenvalue weighted by Gasteiger charge is -2.37. The molecule has 4 rings (SSSR count). The van der Waals surface area contributed by atoms with E-state index in [2.05, 4.69) is 71.1 Å². The van der Waals surface area contributed by atoms with Crippen LogP contribution < -0.4 is 4.90 Å². The molecule has 0 spiro atoms. The molecular formula is C20H25N5. The summed E-state index contributed by atoms with van der Waals surface area (Å²) in [5, 5.41) is 4.49. The normalized spacial score (nSPS) is 21.0. The molecule has 0 aliphatic carbocycles. The summed E-state index contributed by atoms with van der Waals surface area (Å²) in [7, 11) is 0. The van der Waals surface area contributed by atoms with E-state index in [1.54, 1.807) is 6.33 Å². The van der Waals surface area contributed by atoms with E-state index in [-0.39, 0.29) is 0 Å². The van der Waals surface area contributed by atoms with Gasteiger partial charge in [-0.1, -0.05) is 44.2 Å². The van der Waals surface area contributed by atoms with E-state index in [4.69, 9.17) is 0 Å². The Balaban J connectivity index is 1.84. The average molecular weight is 335 g/mol. The van der Waals surface area contributed by atoms with Crippen LogP contribution in [0.2, 0.25) is 0 Å². The molecule has 3 aromatic rings. The number of rotatable bonds is 3. The maximum Gasteiger partial charge on any atom is 0.254 e. The van der Waals surface area contributed by atoms with Crippen molar-refractivity contribution < 1.29 is 0 Å². The molecule has 2 atom stereocenters. The number of fused-ring (bicyclic) bond motifs is 1. The van der Waals surface area contributed by atoms with Gasteiger partial charge >= 0.3 is 0 Å². The van der Waals surface area contributed by atoms with Crippen molar-refractivity contribution in [2.75, 3.05) is 18.0 Å². The van der Waals surface area contributed by atoms with Crippen molar-refractivity contribution in [2.45, 2.75) is 33.6 Å². The second-order valence-corrected chi connectivity index (χ2v) is 7.48. The van der Waals surface area contributed by atoms with Gasteiger partial charge in [0.2, 0.25) is 0 Å². The van der Waals surface area contributed by atoms with Gasteiger partial charge in [0.1, 0.15) is 12.1 Å². The summed E-state index contributed by atoms with van der Waals surface area (Å²) in [6.07, 6.45) is 3.76. The highest BCUT2D eigenvalue weighted by Gasteiger charge is 2.27. The molecule has 0 radical (unpaired) electrons. The molecule has 25 heavy (non-hydrogen) atoms. The van der Waals surface area contributed by atoms with Gasteiger partial charge in [-0.05, 0) is 30.7 Å². The molecule has 1 aliphatic rings. The molecule has 2 aromatic heterocycles. The minimum absolute atomic E-state index is 0.681. The Kier molecular flexibility index (Phi) is 4.15. The first-order valence-electron chi connectivity index (χ1n) is 9.10. The third-order valence-electron chi connectivity index (χ3n) is 5.10. The van der Waals surface area contributed by atoms with Crippen LogP contribution in [0.15, 0.2) is 36.7 Å². The van der Waals surface area contributed by atoms with E-state index < -0.39 is 0 Å². The van der Waals surface area contributed by atoms with Crippen LogP contribution in [0.5, 0.6) is 0 Å². The highest BCUT2D eigenvalue weighted by Crippen LogP contribution is 2.31. The lowest BCUT2D eigenvalue weighted by Crippen LogP contribution is -2.40. The number of anilines is 1. The van der Waals surface area contributed by atoms with Gasteiger partial charge in [0.05, 0.1) is 0 Å². The van der Waals surface area contributed by atoms with Crippen molar-refractivity contribution in [1.29, 1.82) is 0 Å². The Morgan fingerprint density at radius 2 is 1.80 bits per heavy atom. The standard InChI is InChI=1S/C20H25N5/c1-14-9-15(2)12-24(11-14)19-18(10-17-7-5-4-6-8-17)16(3)23-20-21-13-22-25(19)20/h4-8,13-15H,9-12H2,1-3H3. The van der Waals surface area contributed by atoms with E-state index in [9.17, 15) is 0 Å². The predicted octanol–water partition coefficient (Wildman–Crippen LogP) is 3.51. The smallest absolute Gasteiger partial charge is 0.254 e. The minimum atomic E-state index is 0.681. The van der Waals surface area contributed by atoms with Crippen LogP contribution in [0.25, 0.3) is 5.78 Å². The molecule has 130 valence electrons. The van der Waals surface area contributed by atoms with Gasteiger partial charge in [-0.2, -0.15) is 14.6 Å². The van der Waals surface area contributed by atoms with Gasteiger partial charge < -0.3 is 4.90 Å². The van der Waals surface area contributed by atoms with E-state index >= 15 is 0 Å². The largest absolute Gasteiger partial charge is 0.356 e. The van der Waals surface area contributed by atoms with Crippen molar-refractivity contribution in [1.82, 2.24) is 19.6 Å². The minimum Gasteiger partial charge on any atom is -0.356 e. The number of hydrogen-bond acceptors (Lipinski definition) is 4. The number of aromatic nitrogens is 4. The zero-order valence-electron chi connectivity index (χ0n) is 15.2. The van der Waals surface area contributed by atoms with E-state index in [0.717, 1.165) is 25.2 Å². The monoisotopic (exact) mass is 335 g/mol. The van der Waals surface area contributed by atoms with Gasteiger partial charge in [-0.25, -0.2) is 4.98 Å². The van der Waals surface area contributed by atoms with Crippen LogP contribution >= 0.6 is 0 Å². The quantitative estimate of drug-likeness (QED) is 0.735. The van der Waals surface area contributed by atoms with E-state index in [1.807, 2.05) is 4.52 Å². The molecule has 3 heterocycles. The fourth-order valence-electron chi connectivity index (χ4n) is 4.14. The number of aryl methyl sites for hydroxylation is 1. The molecular weight excluding hydrogens is 310 g/mol. The molecule has 0 bridgehead atoms. The van der Waals surface area contributed by atoms with E-state index in [1.165, 1.54) is 23.4 Å². The van der Waals surface area contributed by atoms with Crippen molar-refractivity contribution in [3.05, 3.63) is 53.5 Å². The molecule has 1 aliphatic heterocycles. The Morgan fingerprint density at radius 1 is 1.08 bits per heavy atom. The van der Waals surface area contributed by atoms with Crippen LogP contribution in [0.1, 0.15) is 37.1 Å². The Bertz CT molecular complexity index is 860. The fourth-order valence-corrected chi connectivity index (χ4v) is 4.14. The number of benzene rings is 1. The van der Waals surface area contributed by atoms with Crippen LogP contribution in [-0.2, 0) is 6.42 Å². The Morgan fingerprint density at radius 3 is 2.52 bits per heavy atom. The van der Waals surface area contributed by atoms with Crippen molar-refractivity contribution >= 4 is 11.6 Å². The zero-order valence-corrected chi connectivity index (χ0v) is 15.2. The van der Waals surface area contributed by atoms with Crippen molar-refractivity contribution in [3.8, 4) is 0 Å². The molecule has 0 amide bonds. The first kappa shape index (κ1) is 16.1. The first-order valence-corrected chi connectivity index (χ1v) is 9.10.